The molecule has 0 aliphatic rings. The standard InChI is InChI=1S/C23H22Br2N4O6/c1-4-6-20-27-18-8-7-15(24)11-16(18)22(30)28(20)26-12-14-9-17(25)21(19(10-14)29(32)33)35-13(3)23(31)34-5-2/h7-13H,4-6H2,1-3H3/t13-/m0/s1. The highest BCUT2D eigenvalue weighted by Gasteiger charge is 2.25. The van der Waals surface area contributed by atoms with Crippen LogP contribution in [0.25, 0.3) is 10.9 Å². The summed E-state index contributed by atoms with van der Waals surface area (Å²) in [6.07, 6.45) is 1.54. The van der Waals surface area contributed by atoms with Gasteiger partial charge in [-0.15, -0.1) is 0 Å². The molecule has 0 N–H and O–H groups in total. The van der Waals surface area contributed by atoms with Crippen LogP contribution in [0.2, 0.25) is 0 Å². The molecule has 2 aromatic carbocycles. The Labute approximate surface area is 217 Å². The lowest BCUT2D eigenvalue weighted by atomic mass is 10.2. The number of nitro benzene ring substituents is 1. The zero-order chi connectivity index (χ0) is 25.7. The molecular formula is C23H22Br2N4O6. The molecule has 184 valence electrons. The number of carbonyl (C=O) groups excluding carboxylic acids is 1. The summed E-state index contributed by atoms with van der Waals surface area (Å²) in [7, 11) is 0. The summed E-state index contributed by atoms with van der Waals surface area (Å²) in [4.78, 5) is 40.7. The first-order valence-corrected chi connectivity index (χ1v) is 12.3. The molecule has 0 unspecified atom stereocenters. The molecule has 1 atom stereocenters. The number of ether oxygens (including phenoxy) is 2. The van der Waals surface area contributed by atoms with E-state index < -0.39 is 17.0 Å². The van der Waals surface area contributed by atoms with Crippen LogP contribution in [0.3, 0.4) is 0 Å². The predicted octanol–water partition coefficient (Wildman–Crippen LogP) is 4.99. The molecule has 0 saturated heterocycles. The second-order valence-electron chi connectivity index (χ2n) is 7.42. The molecule has 0 aliphatic carbocycles. The van der Waals surface area contributed by atoms with Crippen LogP contribution in [-0.2, 0) is 16.0 Å². The minimum atomic E-state index is -1.05. The molecule has 3 rings (SSSR count). The fourth-order valence-electron chi connectivity index (χ4n) is 3.23. The maximum atomic E-state index is 13.1. The van der Waals surface area contributed by atoms with Gasteiger partial charge in [-0.05, 0) is 60.5 Å². The lowest BCUT2D eigenvalue weighted by molar-refractivity contribution is -0.386. The van der Waals surface area contributed by atoms with Crippen molar-refractivity contribution >= 4 is 60.6 Å². The normalized spacial score (nSPS) is 12.1. The highest BCUT2D eigenvalue weighted by molar-refractivity contribution is 9.10. The van der Waals surface area contributed by atoms with Crippen LogP contribution in [0.1, 0.15) is 38.6 Å². The quantitative estimate of drug-likeness (QED) is 0.145. The van der Waals surface area contributed by atoms with Gasteiger partial charge in [0.15, 0.2) is 6.10 Å². The first kappa shape index (κ1) is 26.5. The van der Waals surface area contributed by atoms with Crippen molar-refractivity contribution in [3.05, 3.63) is 71.1 Å². The van der Waals surface area contributed by atoms with Gasteiger partial charge in [0.05, 0.1) is 33.1 Å². The van der Waals surface area contributed by atoms with Crippen molar-refractivity contribution in [2.75, 3.05) is 6.61 Å². The van der Waals surface area contributed by atoms with E-state index in [1.165, 1.54) is 23.9 Å². The van der Waals surface area contributed by atoms with Crippen LogP contribution in [0, 0.1) is 10.1 Å². The predicted molar refractivity (Wildman–Crippen MR) is 138 cm³/mol. The summed E-state index contributed by atoms with van der Waals surface area (Å²) in [5.74, 6) is -0.285. The van der Waals surface area contributed by atoms with Crippen LogP contribution >= 0.6 is 31.9 Å². The van der Waals surface area contributed by atoms with Crippen molar-refractivity contribution < 1.29 is 19.2 Å². The van der Waals surface area contributed by atoms with Crippen molar-refractivity contribution in [1.29, 1.82) is 0 Å². The minimum Gasteiger partial charge on any atom is -0.471 e. The number of aromatic nitrogens is 2. The number of aryl methyl sites for hydroxylation is 1. The Morgan fingerprint density at radius 1 is 1.29 bits per heavy atom. The van der Waals surface area contributed by atoms with Gasteiger partial charge in [-0.1, -0.05) is 22.9 Å². The molecule has 3 aromatic rings. The summed E-state index contributed by atoms with van der Waals surface area (Å²) in [6.45, 7) is 5.21. The van der Waals surface area contributed by atoms with Gasteiger partial charge >= 0.3 is 11.7 Å². The number of nitrogens with zero attached hydrogens (tertiary/aromatic N) is 4. The Kier molecular flexibility index (Phi) is 8.73. The third-order valence-corrected chi connectivity index (χ3v) is 5.91. The van der Waals surface area contributed by atoms with Crippen LogP contribution in [0.4, 0.5) is 5.69 Å². The molecule has 12 heteroatoms. The summed E-state index contributed by atoms with van der Waals surface area (Å²) >= 11 is 6.64. The van der Waals surface area contributed by atoms with Gasteiger partial charge in [-0.25, -0.2) is 9.78 Å². The molecule has 0 fully saturated rings. The van der Waals surface area contributed by atoms with Crippen molar-refractivity contribution in [3.63, 3.8) is 0 Å². The van der Waals surface area contributed by atoms with Gasteiger partial charge in [-0.3, -0.25) is 14.9 Å². The van der Waals surface area contributed by atoms with E-state index in [9.17, 15) is 19.7 Å². The average molecular weight is 610 g/mol. The second-order valence-corrected chi connectivity index (χ2v) is 9.19. The summed E-state index contributed by atoms with van der Waals surface area (Å²) in [5.41, 5.74) is 0.165. The Morgan fingerprint density at radius 3 is 2.69 bits per heavy atom. The Hall–Kier alpha value is -3.12. The highest BCUT2D eigenvalue weighted by Crippen LogP contribution is 2.37. The number of hydrogen-bond donors (Lipinski definition) is 0. The summed E-state index contributed by atoms with van der Waals surface area (Å²) in [6, 6.07) is 8.02. The van der Waals surface area contributed by atoms with Gasteiger partial charge < -0.3 is 9.47 Å². The first-order valence-electron chi connectivity index (χ1n) is 10.7. The summed E-state index contributed by atoms with van der Waals surface area (Å²) < 4.78 is 12.6. The number of fused-ring (bicyclic) bond motifs is 1. The minimum absolute atomic E-state index is 0.117. The number of nitro groups is 1. The number of esters is 1. The number of benzene rings is 2. The fraction of sp³-hybridized carbons (Fsp3) is 0.304. The topological polar surface area (TPSA) is 126 Å². The number of rotatable bonds is 9. The maximum Gasteiger partial charge on any atom is 0.347 e. The third-order valence-electron chi connectivity index (χ3n) is 4.83. The van der Waals surface area contributed by atoms with Gasteiger partial charge in [0.25, 0.3) is 5.56 Å². The van der Waals surface area contributed by atoms with E-state index >= 15 is 0 Å². The van der Waals surface area contributed by atoms with Crippen molar-refractivity contribution in [2.45, 2.75) is 39.7 Å². The molecule has 0 aliphatic heterocycles. The van der Waals surface area contributed by atoms with Crippen molar-refractivity contribution in [1.82, 2.24) is 9.66 Å². The molecular weight excluding hydrogens is 588 g/mol. The number of carbonyl (C=O) groups is 1. The van der Waals surface area contributed by atoms with Crippen molar-refractivity contribution in [3.8, 4) is 5.75 Å². The monoisotopic (exact) mass is 608 g/mol. The molecule has 0 saturated carbocycles. The van der Waals surface area contributed by atoms with Crippen LogP contribution in [-0.4, -0.2) is 39.5 Å². The first-order chi connectivity index (χ1) is 16.7. The average Bonchev–Trinajstić information content (AvgIpc) is 2.80. The second kappa shape index (κ2) is 11.5. The van der Waals surface area contributed by atoms with Gasteiger partial charge in [0, 0.05) is 22.5 Å². The molecule has 1 heterocycles. The molecule has 1 aromatic heterocycles. The zero-order valence-corrected chi connectivity index (χ0v) is 22.3. The Morgan fingerprint density at radius 2 is 2.03 bits per heavy atom. The van der Waals surface area contributed by atoms with E-state index in [4.69, 9.17) is 9.47 Å². The summed E-state index contributed by atoms with van der Waals surface area (Å²) in [5, 5.41) is 16.4. The SMILES string of the molecule is CCCc1nc2ccc(Br)cc2c(=O)n1N=Cc1cc(Br)c(O[C@@H](C)C(=O)OCC)c([N+](=O)[O-])c1. The lowest BCUT2D eigenvalue weighted by Gasteiger charge is -2.15. The molecule has 0 bridgehead atoms. The van der Waals surface area contributed by atoms with E-state index in [-0.39, 0.29) is 28.1 Å². The Balaban J connectivity index is 2.05. The smallest absolute Gasteiger partial charge is 0.347 e. The van der Waals surface area contributed by atoms with Crippen molar-refractivity contribution in [2.24, 2.45) is 5.10 Å². The molecule has 0 amide bonds. The van der Waals surface area contributed by atoms with E-state index in [1.54, 1.807) is 31.2 Å². The zero-order valence-electron chi connectivity index (χ0n) is 19.2. The van der Waals surface area contributed by atoms with Gasteiger partial charge in [0.2, 0.25) is 5.75 Å². The van der Waals surface area contributed by atoms with Gasteiger partial charge in [0.1, 0.15) is 5.82 Å². The van der Waals surface area contributed by atoms with Crippen LogP contribution in [0.15, 0.2) is 49.2 Å². The molecule has 35 heavy (non-hydrogen) atoms. The van der Waals surface area contributed by atoms with E-state index in [0.29, 0.717) is 28.7 Å². The maximum absolute atomic E-state index is 13.1. The van der Waals surface area contributed by atoms with Crippen LogP contribution in [0.5, 0.6) is 5.75 Å². The molecule has 10 nitrogen and oxygen atoms in total. The fourth-order valence-corrected chi connectivity index (χ4v) is 4.16. The third kappa shape index (κ3) is 6.12. The van der Waals surface area contributed by atoms with E-state index in [0.717, 1.165) is 10.9 Å². The highest BCUT2D eigenvalue weighted by atomic mass is 79.9. The van der Waals surface area contributed by atoms with Crippen LogP contribution < -0.4 is 10.3 Å². The lowest BCUT2D eigenvalue weighted by Crippen LogP contribution is -2.26. The number of halogens is 2. The van der Waals surface area contributed by atoms with E-state index in [1.807, 2.05) is 6.92 Å². The number of hydrogen-bond acceptors (Lipinski definition) is 8. The van der Waals surface area contributed by atoms with E-state index in [2.05, 4.69) is 41.9 Å². The largest absolute Gasteiger partial charge is 0.471 e. The Bertz CT molecular complexity index is 1370. The molecule has 0 spiro atoms. The molecule has 0 radical (unpaired) electrons. The van der Waals surface area contributed by atoms with Gasteiger partial charge in [-0.2, -0.15) is 9.78 Å².